The number of H-pyrrole nitrogens is 1. The van der Waals surface area contributed by atoms with Gasteiger partial charge in [-0.1, -0.05) is 17.7 Å². The third-order valence-corrected chi connectivity index (χ3v) is 3.06. The Bertz CT molecular complexity index is 502. The largest absolute Gasteiger partial charge is 0.385 e. The molecule has 3 rings (SSSR count). The summed E-state index contributed by atoms with van der Waals surface area (Å²) in [7, 11) is 0. The van der Waals surface area contributed by atoms with Gasteiger partial charge in [0, 0.05) is 5.39 Å². The third-order valence-electron chi connectivity index (χ3n) is 2.77. The van der Waals surface area contributed by atoms with Gasteiger partial charge in [0.1, 0.15) is 5.15 Å². The van der Waals surface area contributed by atoms with Crippen molar-refractivity contribution in [3.05, 3.63) is 28.9 Å². The number of halogens is 1. The molecule has 1 aliphatic rings. The average Bonchev–Trinajstić information content (AvgIpc) is 2.84. The molecule has 1 fully saturated rings. The number of hydrogen-bond acceptors (Lipinski definition) is 2. The van der Waals surface area contributed by atoms with Crippen LogP contribution in [0.5, 0.6) is 0 Å². The Morgan fingerprint density at radius 1 is 1.43 bits per heavy atom. The molecule has 1 saturated carbocycles. The van der Waals surface area contributed by atoms with Crippen molar-refractivity contribution >= 4 is 22.5 Å². The minimum absolute atomic E-state index is 0.550. The van der Waals surface area contributed by atoms with E-state index in [9.17, 15) is 5.11 Å². The summed E-state index contributed by atoms with van der Waals surface area (Å²) in [6.45, 7) is 0. The van der Waals surface area contributed by atoms with E-state index in [0.29, 0.717) is 5.15 Å². The van der Waals surface area contributed by atoms with Crippen LogP contribution in [0.4, 0.5) is 0 Å². The molecular weight excluding hydrogens is 200 g/mol. The first-order chi connectivity index (χ1) is 6.69. The summed E-state index contributed by atoms with van der Waals surface area (Å²) in [6, 6.07) is 5.70. The lowest BCUT2D eigenvalue weighted by atomic mass is 10.1. The Kier molecular flexibility index (Phi) is 1.47. The zero-order valence-corrected chi connectivity index (χ0v) is 8.17. The molecule has 2 N–H and O–H groups in total. The van der Waals surface area contributed by atoms with Crippen LogP contribution in [0.3, 0.4) is 0 Å². The number of hydrogen-bond donors (Lipinski definition) is 2. The van der Waals surface area contributed by atoms with Crippen molar-refractivity contribution in [1.29, 1.82) is 0 Å². The lowest BCUT2D eigenvalue weighted by Crippen LogP contribution is -2.03. The Labute approximate surface area is 85.7 Å². The van der Waals surface area contributed by atoms with E-state index < -0.39 is 5.60 Å². The quantitative estimate of drug-likeness (QED) is 0.755. The van der Waals surface area contributed by atoms with Crippen LogP contribution in [0.15, 0.2) is 18.2 Å². The van der Waals surface area contributed by atoms with Gasteiger partial charge < -0.3 is 5.11 Å². The van der Waals surface area contributed by atoms with E-state index in [2.05, 4.69) is 10.2 Å². The summed E-state index contributed by atoms with van der Waals surface area (Å²) in [6.07, 6.45) is 1.69. The molecule has 0 amide bonds. The van der Waals surface area contributed by atoms with Crippen LogP contribution in [0.25, 0.3) is 10.9 Å². The second-order valence-corrected chi connectivity index (χ2v) is 4.18. The van der Waals surface area contributed by atoms with Crippen LogP contribution >= 0.6 is 11.6 Å². The van der Waals surface area contributed by atoms with Crippen LogP contribution in [0.2, 0.25) is 5.15 Å². The van der Waals surface area contributed by atoms with Gasteiger partial charge in [0.2, 0.25) is 0 Å². The predicted molar refractivity (Wildman–Crippen MR) is 54.2 cm³/mol. The molecule has 0 unspecified atom stereocenters. The van der Waals surface area contributed by atoms with E-state index >= 15 is 0 Å². The van der Waals surface area contributed by atoms with Gasteiger partial charge in [0.15, 0.2) is 0 Å². The van der Waals surface area contributed by atoms with Crippen molar-refractivity contribution in [1.82, 2.24) is 10.2 Å². The third kappa shape index (κ3) is 1.06. The molecule has 3 nitrogen and oxygen atoms in total. The van der Waals surface area contributed by atoms with Gasteiger partial charge in [0.25, 0.3) is 0 Å². The van der Waals surface area contributed by atoms with Crippen LogP contribution < -0.4 is 0 Å². The molecule has 72 valence electrons. The molecule has 1 aromatic carbocycles. The highest BCUT2D eigenvalue weighted by Gasteiger charge is 2.42. The summed E-state index contributed by atoms with van der Waals surface area (Å²) in [5.41, 5.74) is 1.15. The molecule has 2 aromatic rings. The number of aromatic nitrogens is 2. The van der Waals surface area contributed by atoms with Crippen molar-refractivity contribution in [2.75, 3.05) is 0 Å². The molecule has 1 heterocycles. The summed E-state index contributed by atoms with van der Waals surface area (Å²) in [5, 5.41) is 18.1. The number of nitrogens with zero attached hydrogens (tertiary/aromatic N) is 1. The topological polar surface area (TPSA) is 48.9 Å². The van der Waals surface area contributed by atoms with Crippen LogP contribution in [-0.2, 0) is 5.60 Å². The fraction of sp³-hybridized carbons (Fsp3) is 0.300. The maximum atomic E-state index is 9.90. The number of benzene rings is 1. The lowest BCUT2D eigenvalue weighted by molar-refractivity contribution is 0.151. The van der Waals surface area contributed by atoms with E-state index in [0.717, 1.165) is 29.3 Å². The van der Waals surface area contributed by atoms with Crippen molar-refractivity contribution in [3.63, 3.8) is 0 Å². The Hall–Kier alpha value is -1.06. The molecule has 0 bridgehead atoms. The fourth-order valence-corrected chi connectivity index (χ4v) is 1.88. The van der Waals surface area contributed by atoms with Crippen LogP contribution in [-0.4, -0.2) is 15.3 Å². The van der Waals surface area contributed by atoms with Crippen molar-refractivity contribution in [3.8, 4) is 0 Å². The number of aromatic amines is 1. The second kappa shape index (κ2) is 2.49. The molecule has 0 atom stereocenters. The Balaban J connectivity index is 2.21. The highest BCUT2D eigenvalue weighted by molar-refractivity contribution is 6.34. The van der Waals surface area contributed by atoms with E-state index in [1.807, 2.05) is 18.2 Å². The zero-order chi connectivity index (χ0) is 9.76. The lowest BCUT2D eigenvalue weighted by Gasteiger charge is -2.06. The van der Waals surface area contributed by atoms with Gasteiger partial charge in [-0.05, 0) is 30.5 Å². The maximum Gasteiger partial charge on any atom is 0.132 e. The highest BCUT2D eigenvalue weighted by atomic mass is 35.5. The minimum atomic E-state index is -0.598. The summed E-state index contributed by atoms with van der Waals surface area (Å²) >= 11 is 5.87. The molecule has 0 saturated heterocycles. The van der Waals surface area contributed by atoms with Crippen molar-refractivity contribution in [2.24, 2.45) is 0 Å². The summed E-state index contributed by atoms with van der Waals surface area (Å²) in [4.78, 5) is 0. The maximum absolute atomic E-state index is 9.90. The van der Waals surface area contributed by atoms with E-state index in [1.54, 1.807) is 0 Å². The number of nitrogens with one attached hydrogen (secondary N) is 1. The smallest absolute Gasteiger partial charge is 0.132 e. The van der Waals surface area contributed by atoms with Crippen LogP contribution in [0, 0.1) is 0 Å². The van der Waals surface area contributed by atoms with E-state index in [-0.39, 0.29) is 0 Å². The first kappa shape index (κ1) is 8.26. The van der Waals surface area contributed by atoms with Gasteiger partial charge in [-0.15, -0.1) is 0 Å². The molecule has 1 aromatic heterocycles. The summed E-state index contributed by atoms with van der Waals surface area (Å²) in [5.74, 6) is 0. The Morgan fingerprint density at radius 2 is 2.21 bits per heavy atom. The van der Waals surface area contributed by atoms with Gasteiger partial charge in [0.05, 0.1) is 11.1 Å². The van der Waals surface area contributed by atoms with Gasteiger partial charge in [-0.25, -0.2) is 0 Å². The zero-order valence-electron chi connectivity index (χ0n) is 7.42. The molecule has 0 spiro atoms. The van der Waals surface area contributed by atoms with E-state index in [1.165, 1.54) is 0 Å². The first-order valence-electron chi connectivity index (χ1n) is 4.55. The van der Waals surface area contributed by atoms with Gasteiger partial charge in [-0.3, -0.25) is 5.10 Å². The van der Waals surface area contributed by atoms with Crippen LogP contribution in [0.1, 0.15) is 18.4 Å². The average molecular weight is 209 g/mol. The van der Waals surface area contributed by atoms with E-state index in [4.69, 9.17) is 11.6 Å². The monoisotopic (exact) mass is 208 g/mol. The van der Waals surface area contributed by atoms with Gasteiger partial charge >= 0.3 is 0 Å². The first-order valence-corrected chi connectivity index (χ1v) is 4.93. The fourth-order valence-electron chi connectivity index (χ4n) is 1.68. The molecular formula is C10H9ClN2O. The molecule has 0 aliphatic heterocycles. The van der Waals surface area contributed by atoms with Gasteiger partial charge in [-0.2, -0.15) is 5.10 Å². The minimum Gasteiger partial charge on any atom is -0.385 e. The molecule has 0 radical (unpaired) electrons. The highest BCUT2D eigenvalue weighted by Crippen LogP contribution is 2.45. The second-order valence-electron chi connectivity index (χ2n) is 3.80. The number of fused-ring (bicyclic) bond motifs is 1. The molecule has 1 aliphatic carbocycles. The standard InChI is InChI=1S/C10H9ClN2O/c11-9-7-2-1-6(10(14)3-4-10)5-8(7)12-13-9/h1-2,5,14H,3-4H2,(H,12,13). The molecule has 14 heavy (non-hydrogen) atoms. The van der Waals surface area contributed by atoms with Crippen molar-refractivity contribution in [2.45, 2.75) is 18.4 Å². The number of aliphatic hydroxyl groups is 1. The normalized spacial score (nSPS) is 18.7. The van der Waals surface area contributed by atoms with Crippen molar-refractivity contribution < 1.29 is 5.11 Å². The Morgan fingerprint density at radius 3 is 2.93 bits per heavy atom. The SMILES string of the molecule is OC1(c2ccc3c(Cl)[nH]nc3c2)CC1. The number of rotatable bonds is 1. The summed E-state index contributed by atoms with van der Waals surface area (Å²) < 4.78 is 0. The predicted octanol–water partition coefficient (Wildman–Crippen LogP) is 2.20. The molecule has 4 heteroatoms.